The highest BCUT2D eigenvalue weighted by Crippen LogP contribution is 2.13. The predicted octanol–water partition coefficient (Wildman–Crippen LogP) is 2.33. The minimum Gasteiger partial charge on any atom is -0.380 e. The van der Waals surface area contributed by atoms with E-state index in [0.717, 1.165) is 46.1 Å². The Hall–Kier alpha value is -0.940. The van der Waals surface area contributed by atoms with Crippen LogP contribution in [0.4, 0.5) is 0 Å². The molecule has 0 amide bonds. The molecule has 0 unspecified atom stereocenters. The third-order valence-electron chi connectivity index (χ3n) is 3.55. The first kappa shape index (κ1) is 18.1. The van der Waals surface area contributed by atoms with Crippen molar-refractivity contribution in [2.24, 2.45) is 5.73 Å². The average molecular weight is 294 g/mol. The van der Waals surface area contributed by atoms with Gasteiger partial charge >= 0.3 is 0 Å². The average Bonchev–Trinajstić information content (AvgIpc) is 2.49. The van der Waals surface area contributed by atoms with E-state index in [1.807, 2.05) is 13.8 Å². The fraction of sp³-hybridized carbons (Fsp3) is 0.647. The highest BCUT2D eigenvalue weighted by atomic mass is 16.5. The lowest BCUT2D eigenvalue weighted by atomic mass is 10.0. The number of nitrogens with zero attached hydrogens (tertiary/aromatic N) is 1. The van der Waals surface area contributed by atoms with Gasteiger partial charge in [0.1, 0.15) is 0 Å². The Bertz CT molecular complexity index is 386. The van der Waals surface area contributed by atoms with Gasteiger partial charge in [0.05, 0.1) is 13.2 Å². The van der Waals surface area contributed by atoms with Crippen LogP contribution in [0.15, 0.2) is 18.2 Å². The maximum absolute atomic E-state index is 5.69. The third-order valence-corrected chi connectivity index (χ3v) is 3.55. The van der Waals surface area contributed by atoms with E-state index in [9.17, 15) is 0 Å². The highest BCUT2D eigenvalue weighted by Gasteiger charge is 2.08. The standard InChI is InChI=1S/C17H30N2O2/c1-4-20-10-8-19(9-11-21-5-2)14-17-7-6-16(13-18)12-15(17)3/h6-7,12H,4-5,8-11,13-14,18H2,1-3H3. The molecule has 0 spiro atoms. The Morgan fingerprint density at radius 2 is 1.67 bits per heavy atom. The number of benzene rings is 1. The molecule has 1 rings (SSSR count). The van der Waals surface area contributed by atoms with Crippen LogP contribution < -0.4 is 5.73 Å². The summed E-state index contributed by atoms with van der Waals surface area (Å²) < 4.78 is 11.0. The van der Waals surface area contributed by atoms with E-state index in [2.05, 4.69) is 30.0 Å². The molecule has 0 fully saturated rings. The summed E-state index contributed by atoms with van der Waals surface area (Å²) in [6.45, 7) is 12.7. The van der Waals surface area contributed by atoms with E-state index >= 15 is 0 Å². The van der Waals surface area contributed by atoms with Crippen molar-refractivity contribution >= 4 is 0 Å². The zero-order valence-corrected chi connectivity index (χ0v) is 13.7. The molecular weight excluding hydrogens is 264 g/mol. The van der Waals surface area contributed by atoms with Gasteiger partial charge < -0.3 is 15.2 Å². The Kier molecular flexibility index (Phi) is 9.26. The summed E-state index contributed by atoms with van der Waals surface area (Å²) in [4.78, 5) is 2.38. The number of hydrogen-bond donors (Lipinski definition) is 1. The van der Waals surface area contributed by atoms with Gasteiger partial charge in [0.15, 0.2) is 0 Å². The zero-order valence-electron chi connectivity index (χ0n) is 13.7. The highest BCUT2D eigenvalue weighted by molar-refractivity contribution is 5.30. The van der Waals surface area contributed by atoms with E-state index in [0.29, 0.717) is 6.54 Å². The van der Waals surface area contributed by atoms with E-state index in [-0.39, 0.29) is 0 Å². The first-order chi connectivity index (χ1) is 10.2. The van der Waals surface area contributed by atoms with E-state index < -0.39 is 0 Å². The Balaban J connectivity index is 2.60. The van der Waals surface area contributed by atoms with Crippen LogP contribution >= 0.6 is 0 Å². The van der Waals surface area contributed by atoms with Crippen LogP contribution in [0.2, 0.25) is 0 Å². The summed E-state index contributed by atoms with van der Waals surface area (Å²) in [6.07, 6.45) is 0. The van der Waals surface area contributed by atoms with Gasteiger partial charge in [-0.15, -0.1) is 0 Å². The van der Waals surface area contributed by atoms with Crippen molar-refractivity contribution in [1.29, 1.82) is 0 Å². The summed E-state index contributed by atoms with van der Waals surface area (Å²) in [5.41, 5.74) is 9.52. The van der Waals surface area contributed by atoms with Crippen molar-refractivity contribution in [2.75, 3.05) is 39.5 Å². The van der Waals surface area contributed by atoms with Gasteiger partial charge in [-0.1, -0.05) is 18.2 Å². The summed E-state index contributed by atoms with van der Waals surface area (Å²) in [5, 5.41) is 0. The van der Waals surface area contributed by atoms with Crippen molar-refractivity contribution in [3.05, 3.63) is 34.9 Å². The molecule has 0 aromatic heterocycles. The van der Waals surface area contributed by atoms with Gasteiger partial charge in [-0.3, -0.25) is 4.90 Å². The smallest absolute Gasteiger partial charge is 0.0593 e. The lowest BCUT2D eigenvalue weighted by Gasteiger charge is -2.23. The fourth-order valence-corrected chi connectivity index (χ4v) is 2.25. The summed E-state index contributed by atoms with van der Waals surface area (Å²) >= 11 is 0. The van der Waals surface area contributed by atoms with E-state index in [1.54, 1.807) is 0 Å². The lowest BCUT2D eigenvalue weighted by Crippen LogP contribution is -2.31. The molecule has 2 N–H and O–H groups in total. The Labute approximate surface area is 129 Å². The van der Waals surface area contributed by atoms with Crippen molar-refractivity contribution in [3.63, 3.8) is 0 Å². The van der Waals surface area contributed by atoms with Crippen LogP contribution in [0.25, 0.3) is 0 Å². The summed E-state index contributed by atoms with van der Waals surface area (Å²) in [5.74, 6) is 0. The molecule has 1 aromatic rings. The second-order valence-corrected chi connectivity index (χ2v) is 5.13. The first-order valence-corrected chi connectivity index (χ1v) is 7.87. The second kappa shape index (κ2) is 10.7. The van der Waals surface area contributed by atoms with Gasteiger partial charge in [0.2, 0.25) is 0 Å². The van der Waals surface area contributed by atoms with Crippen LogP contribution in [-0.2, 0) is 22.6 Å². The molecule has 120 valence electrons. The molecular formula is C17H30N2O2. The molecule has 0 radical (unpaired) electrons. The molecule has 4 heteroatoms. The number of aryl methyl sites for hydroxylation is 1. The van der Waals surface area contributed by atoms with E-state index in [1.165, 1.54) is 16.7 Å². The maximum Gasteiger partial charge on any atom is 0.0593 e. The summed E-state index contributed by atoms with van der Waals surface area (Å²) in [7, 11) is 0. The molecule has 0 bridgehead atoms. The van der Waals surface area contributed by atoms with Crippen molar-refractivity contribution < 1.29 is 9.47 Å². The molecule has 0 aliphatic rings. The van der Waals surface area contributed by atoms with Crippen molar-refractivity contribution in [3.8, 4) is 0 Å². The second-order valence-electron chi connectivity index (χ2n) is 5.13. The monoisotopic (exact) mass is 294 g/mol. The van der Waals surface area contributed by atoms with Gasteiger partial charge in [0, 0.05) is 39.4 Å². The SMILES string of the molecule is CCOCCN(CCOCC)Cc1ccc(CN)cc1C. The molecule has 0 saturated heterocycles. The quantitative estimate of drug-likeness (QED) is 0.636. The zero-order chi connectivity index (χ0) is 15.5. The maximum atomic E-state index is 5.69. The van der Waals surface area contributed by atoms with Gasteiger partial charge in [0.25, 0.3) is 0 Å². The van der Waals surface area contributed by atoms with Crippen molar-refractivity contribution in [1.82, 2.24) is 4.90 Å². The molecule has 1 aromatic carbocycles. The topological polar surface area (TPSA) is 47.7 Å². The Morgan fingerprint density at radius 3 is 2.14 bits per heavy atom. The van der Waals surface area contributed by atoms with Crippen LogP contribution in [-0.4, -0.2) is 44.4 Å². The largest absolute Gasteiger partial charge is 0.380 e. The lowest BCUT2D eigenvalue weighted by molar-refractivity contribution is 0.0797. The third kappa shape index (κ3) is 7.05. The number of rotatable bonds is 11. The predicted molar refractivity (Wildman–Crippen MR) is 87.3 cm³/mol. The number of nitrogens with two attached hydrogens (primary N) is 1. The molecule has 0 aliphatic carbocycles. The molecule has 0 aliphatic heterocycles. The van der Waals surface area contributed by atoms with Gasteiger partial charge in [-0.2, -0.15) is 0 Å². The first-order valence-electron chi connectivity index (χ1n) is 7.87. The van der Waals surface area contributed by atoms with Crippen LogP contribution in [0.1, 0.15) is 30.5 Å². The Morgan fingerprint density at radius 1 is 1.05 bits per heavy atom. The molecule has 21 heavy (non-hydrogen) atoms. The fourth-order valence-electron chi connectivity index (χ4n) is 2.25. The van der Waals surface area contributed by atoms with Gasteiger partial charge in [-0.25, -0.2) is 0 Å². The van der Waals surface area contributed by atoms with Crippen LogP contribution in [0, 0.1) is 6.92 Å². The molecule has 4 nitrogen and oxygen atoms in total. The van der Waals surface area contributed by atoms with Crippen molar-refractivity contribution in [2.45, 2.75) is 33.9 Å². The number of ether oxygens (including phenoxy) is 2. The van der Waals surface area contributed by atoms with E-state index in [4.69, 9.17) is 15.2 Å². The number of hydrogen-bond acceptors (Lipinski definition) is 4. The minimum atomic E-state index is 0.597. The minimum absolute atomic E-state index is 0.597. The van der Waals surface area contributed by atoms with Crippen LogP contribution in [0.5, 0.6) is 0 Å². The molecule has 0 saturated carbocycles. The molecule has 0 atom stereocenters. The normalized spacial score (nSPS) is 11.3. The summed E-state index contributed by atoms with van der Waals surface area (Å²) in [6, 6.07) is 6.48. The van der Waals surface area contributed by atoms with Gasteiger partial charge in [-0.05, 0) is 37.5 Å². The van der Waals surface area contributed by atoms with Crippen LogP contribution in [0.3, 0.4) is 0 Å². The molecule has 0 heterocycles.